The summed E-state index contributed by atoms with van der Waals surface area (Å²) in [5.41, 5.74) is 1.29. The van der Waals surface area contributed by atoms with Crippen molar-refractivity contribution in [2.75, 3.05) is 6.26 Å². The van der Waals surface area contributed by atoms with E-state index in [2.05, 4.69) is 11.4 Å². The highest BCUT2D eigenvalue weighted by atomic mass is 32.2. The van der Waals surface area contributed by atoms with E-state index in [1.165, 1.54) is 18.4 Å². The van der Waals surface area contributed by atoms with Crippen molar-refractivity contribution in [1.29, 1.82) is 0 Å². The van der Waals surface area contributed by atoms with Gasteiger partial charge in [0.2, 0.25) is 0 Å². The van der Waals surface area contributed by atoms with Crippen molar-refractivity contribution in [1.82, 2.24) is 5.16 Å². The van der Waals surface area contributed by atoms with Gasteiger partial charge in [0.1, 0.15) is 5.76 Å². The zero-order valence-corrected chi connectivity index (χ0v) is 7.36. The van der Waals surface area contributed by atoms with E-state index in [1.54, 1.807) is 0 Å². The van der Waals surface area contributed by atoms with Crippen molar-refractivity contribution < 1.29 is 4.52 Å². The number of hydrogen-bond donors (Lipinski definition) is 0. The van der Waals surface area contributed by atoms with Gasteiger partial charge in [-0.25, -0.2) is 0 Å². The van der Waals surface area contributed by atoms with Gasteiger partial charge in [-0.05, 0) is 19.1 Å². The quantitative estimate of drug-likeness (QED) is 0.695. The molecule has 0 bridgehead atoms. The molecule has 1 heterocycles. The summed E-state index contributed by atoms with van der Waals surface area (Å²) >= 11 is 1.82. The molecular weight excluding hydrogens is 158 g/mol. The summed E-state index contributed by atoms with van der Waals surface area (Å²) in [5.74, 6) is 2.87. The lowest BCUT2D eigenvalue weighted by molar-refractivity contribution is 0.383. The molecule has 1 aromatic rings. The van der Waals surface area contributed by atoms with Gasteiger partial charge in [0.25, 0.3) is 0 Å². The van der Waals surface area contributed by atoms with Crippen LogP contribution in [0, 0.1) is 0 Å². The molecule has 1 fully saturated rings. The molecule has 0 aliphatic heterocycles. The van der Waals surface area contributed by atoms with Crippen LogP contribution in [-0.2, 0) is 5.75 Å². The van der Waals surface area contributed by atoms with Crippen LogP contribution in [-0.4, -0.2) is 11.4 Å². The van der Waals surface area contributed by atoms with E-state index in [0.717, 1.165) is 11.5 Å². The highest BCUT2D eigenvalue weighted by Crippen LogP contribution is 2.42. The maximum Gasteiger partial charge on any atom is 0.143 e. The molecule has 2 nitrogen and oxygen atoms in total. The maximum atomic E-state index is 5.18. The van der Waals surface area contributed by atoms with Crippen LogP contribution >= 0.6 is 11.8 Å². The second-order valence-corrected chi connectivity index (χ2v) is 3.79. The molecule has 1 aromatic heterocycles. The van der Waals surface area contributed by atoms with Crippen molar-refractivity contribution in [3.8, 4) is 0 Å². The Labute approximate surface area is 70.3 Å². The molecule has 11 heavy (non-hydrogen) atoms. The number of hydrogen-bond acceptors (Lipinski definition) is 3. The van der Waals surface area contributed by atoms with Gasteiger partial charge in [0.05, 0.1) is 6.20 Å². The normalized spacial score (nSPS) is 17.2. The summed E-state index contributed by atoms with van der Waals surface area (Å²) < 4.78 is 5.18. The van der Waals surface area contributed by atoms with E-state index in [4.69, 9.17) is 4.52 Å². The van der Waals surface area contributed by atoms with Crippen LogP contribution in [0.3, 0.4) is 0 Å². The Hall–Kier alpha value is -0.440. The third kappa shape index (κ3) is 1.43. The van der Waals surface area contributed by atoms with Gasteiger partial charge >= 0.3 is 0 Å². The van der Waals surface area contributed by atoms with Gasteiger partial charge < -0.3 is 4.52 Å². The van der Waals surface area contributed by atoms with Crippen LogP contribution in [0.15, 0.2) is 10.7 Å². The lowest BCUT2D eigenvalue weighted by Gasteiger charge is -1.94. The largest absolute Gasteiger partial charge is 0.361 e. The molecule has 3 heteroatoms. The average Bonchev–Trinajstić information content (AvgIpc) is 2.75. The fraction of sp³-hybridized carbons (Fsp3) is 0.625. The Kier molecular flexibility index (Phi) is 1.90. The molecule has 0 spiro atoms. The van der Waals surface area contributed by atoms with Crippen LogP contribution in [0.4, 0.5) is 0 Å². The minimum absolute atomic E-state index is 0.694. The van der Waals surface area contributed by atoms with Crippen molar-refractivity contribution in [3.05, 3.63) is 17.5 Å². The van der Waals surface area contributed by atoms with Crippen LogP contribution in [0.1, 0.15) is 30.1 Å². The first-order valence-corrected chi connectivity index (χ1v) is 5.23. The molecular formula is C8H11NOS. The van der Waals surface area contributed by atoms with Gasteiger partial charge in [-0.2, -0.15) is 11.8 Å². The minimum atomic E-state index is 0.694. The third-order valence-electron chi connectivity index (χ3n) is 1.92. The highest BCUT2D eigenvalue weighted by Gasteiger charge is 2.29. The Morgan fingerprint density at radius 1 is 1.73 bits per heavy atom. The molecule has 0 atom stereocenters. The molecule has 1 aliphatic rings. The van der Waals surface area contributed by atoms with Gasteiger partial charge in [0, 0.05) is 17.2 Å². The predicted octanol–water partition coefficient (Wildman–Crippen LogP) is 2.42. The number of aromatic nitrogens is 1. The standard InChI is InChI=1S/C8H11NOS/c1-11-5-7-4-9-10-8(7)6-2-3-6/h4,6H,2-3,5H2,1H3. The number of thioether (sulfide) groups is 1. The summed E-state index contributed by atoms with van der Waals surface area (Å²) in [6.07, 6.45) is 6.53. The lowest BCUT2D eigenvalue weighted by atomic mass is 10.2. The topological polar surface area (TPSA) is 26.0 Å². The van der Waals surface area contributed by atoms with Crippen molar-refractivity contribution in [2.45, 2.75) is 24.5 Å². The number of rotatable bonds is 3. The fourth-order valence-electron chi connectivity index (χ4n) is 1.22. The summed E-state index contributed by atoms with van der Waals surface area (Å²) in [5, 5.41) is 3.81. The summed E-state index contributed by atoms with van der Waals surface area (Å²) in [6.45, 7) is 0. The van der Waals surface area contributed by atoms with E-state index < -0.39 is 0 Å². The highest BCUT2D eigenvalue weighted by molar-refractivity contribution is 7.97. The molecule has 1 saturated carbocycles. The SMILES string of the molecule is CSCc1cnoc1C1CC1. The molecule has 60 valence electrons. The van der Waals surface area contributed by atoms with Crippen LogP contribution in [0.5, 0.6) is 0 Å². The summed E-state index contributed by atoms with van der Waals surface area (Å²) in [4.78, 5) is 0. The smallest absolute Gasteiger partial charge is 0.143 e. The molecule has 1 aliphatic carbocycles. The van der Waals surface area contributed by atoms with Crippen LogP contribution in [0.25, 0.3) is 0 Å². The van der Waals surface area contributed by atoms with Crippen LogP contribution in [0.2, 0.25) is 0 Å². The monoisotopic (exact) mass is 169 g/mol. The fourth-order valence-corrected chi connectivity index (χ4v) is 1.74. The molecule has 0 amide bonds. The Morgan fingerprint density at radius 2 is 2.55 bits per heavy atom. The van der Waals surface area contributed by atoms with E-state index >= 15 is 0 Å². The van der Waals surface area contributed by atoms with E-state index in [9.17, 15) is 0 Å². The predicted molar refractivity (Wildman–Crippen MR) is 45.7 cm³/mol. The molecule has 2 rings (SSSR count). The average molecular weight is 169 g/mol. The van der Waals surface area contributed by atoms with Gasteiger partial charge in [0.15, 0.2) is 0 Å². The Bertz CT molecular complexity index is 242. The minimum Gasteiger partial charge on any atom is -0.361 e. The zero-order chi connectivity index (χ0) is 7.68. The van der Waals surface area contributed by atoms with Crippen LogP contribution < -0.4 is 0 Å². The summed E-state index contributed by atoms with van der Waals surface area (Å²) in [6, 6.07) is 0. The van der Waals surface area contributed by atoms with Crippen molar-refractivity contribution >= 4 is 11.8 Å². The second kappa shape index (κ2) is 2.89. The zero-order valence-electron chi connectivity index (χ0n) is 6.54. The Morgan fingerprint density at radius 3 is 3.18 bits per heavy atom. The van der Waals surface area contributed by atoms with E-state index in [-0.39, 0.29) is 0 Å². The lowest BCUT2D eigenvalue weighted by Crippen LogP contribution is -1.82. The first-order valence-electron chi connectivity index (χ1n) is 3.84. The summed E-state index contributed by atoms with van der Waals surface area (Å²) in [7, 11) is 0. The maximum absolute atomic E-state index is 5.18. The first-order chi connectivity index (χ1) is 5.42. The van der Waals surface area contributed by atoms with E-state index in [1.807, 2.05) is 18.0 Å². The van der Waals surface area contributed by atoms with Crippen molar-refractivity contribution in [3.63, 3.8) is 0 Å². The second-order valence-electron chi connectivity index (χ2n) is 2.92. The van der Waals surface area contributed by atoms with E-state index in [0.29, 0.717) is 5.92 Å². The van der Waals surface area contributed by atoms with Gasteiger partial charge in [-0.3, -0.25) is 0 Å². The molecule has 0 radical (unpaired) electrons. The molecule has 0 unspecified atom stereocenters. The molecule has 0 aromatic carbocycles. The molecule has 0 saturated heterocycles. The first kappa shape index (κ1) is 7.22. The molecule has 0 N–H and O–H groups in total. The number of nitrogens with zero attached hydrogens (tertiary/aromatic N) is 1. The van der Waals surface area contributed by atoms with Gasteiger partial charge in [-0.1, -0.05) is 5.16 Å². The van der Waals surface area contributed by atoms with Crippen molar-refractivity contribution in [2.24, 2.45) is 0 Å². The third-order valence-corrected chi connectivity index (χ3v) is 2.52. The van der Waals surface area contributed by atoms with Gasteiger partial charge in [-0.15, -0.1) is 0 Å². The Balaban J connectivity index is 2.16.